The highest BCUT2D eigenvalue weighted by molar-refractivity contribution is 5.88. The molecule has 0 spiro atoms. The lowest BCUT2D eigenvalue weighted by atomic mass is 9.86. The van der Waals surface area contributed by atoms with Gasteiger partial charge in [0, 0.05) is 23.7 Å². The molecule has 1 saturated carbocycles. The van der Waals surface area contributed by atoms with E-state index in [1.54, 1.807) is 0 Å². The Hall–Kier alpha value is -2.14. The first-order valence-electron chi connectivity index (χ1n) is 13.8. The summed E-state index contributed by atoms with van der Waals surface area (Å²) in [5, 5.41) is 11.6. The molecule has 35 heavy (non-hydrogen) atoms. The monoisotopic (exact) mass is 481 g/mol. The van der Waals surface area contributed by atoms with Gasteiger partial charge in [0.1, 0.15) is 12.4 Å². The molecule has 5 heteroatoms. The van der Waals surface area contributed by atoms with E-state index in [-0.39, 0.29) is 18.1 Å². The Morgan fingerprint density at radius 2 is 1.77 bits per heavy atom. The standard InChI is InChI=1S/C30H40FNO3/c1-3-19-5-11-25(12-6-19)35-29-14-8-20-15-21(7-13-26(20)27(29)18-31)28(4-2)32-23-9-10-24(32)17-22(16-23)30(33)34/h7-8,13-15,19,22-25,28H,3-6,9-12,16-18H2,1-2H3,(H,33,34)/t19?,22?,23?,24?,25?,28-/m0/s1. The van der Waals surface area contributed by atoms with Crippen LogP contribution in [0, 0.1) is 11.8 Å². The summed E-state index contributed by atoms with van der Waals surface area (Å²) in [7, 11) is 0. The normalized spacial score (nSPS) is 29.9. The number of nitrogens with zero attached hydrogens (tertiary/aromatic N) is 1. The molecular weight excluding hydrogens is 441 g/mol. The van der Waals surface area contributed by atoms with E-state index >= 15 is 0 Å². The molecule has 1 aliphatic carbocycles. The van der Waals surface area contributed by atoms with Gasteiger partial charge in [-0.2, -0.15) is 0 Å². The highest BCUT2D eigenvalue weighted by Gasteiger charge is 2.45. The van der Waals surface area contributed by atoms with E-state index < -0.39 is 12.6 Å². The molecule has 4 nitrogen and oxygen atoms in total. The Balaban J connectivity index is 1.37. The molecule has 3 atom stereocenters. The second kappa shape index (κ2) is 10.5. The molecule has 2 aliphatic heterocycles. The van der Waals surface area contributed by atoms with Gasteiger partial charge in [-0.15, -0.1) is 0 Å². The molecule has 0 amide bonds. The zero-order chi connectivity index (χ0) is 24.5. The van der Waals surface area contributed by atoms with Gasteiger partial charge in [-0.3, -0.25) is 9.69 Å². The Kier molecular flexibility index (Phi) is 7.34. The third kappa shape index (κ3) is 4.81. The zero-order valence-electron chi connectivity index (χ0n) is 21.2. The molecule has 0 radical (unpaired) electrons. The van der Waals surface area contributed by atoms with Crippen LogP contribution in [0.1, 0.15) is 95.2 Å². The Bertz CT molecular complexity index is 1030. The number of ether oxygens (including phenoxy) is 1. The van der Waals surface area contributed by atoms with Crippen molar-refractivity contribution in [1.82, 2.24) is 4.90 Å². The number of benzene rings is 2. The van der Waals surface area contributed by atoms with Crippen molar-refractivity contribution in [2.24, 2.45) is 11.8 Å². The predicted octanol–water partition coefficient (Wildman–Crippen LogP) is 7.44. The molecule has 2 bridgehead atoms. The van der Waals surface area contributed by atoms with Crippen LogP contribution in [0.2, 0.25) is 0 Å². The van der Waals surface area contributed by atoms with Crippen LogP contribution in [0.25, 0.3) is 10.8 Å². The van der Waals surface area contributed by atoms with Gasteiger partial charge in [-0.05, 0) is 92.2 Å². The van der Waals surface area contributed by atoms with Crippen molar-refractivity contribution in [3.63, 3.8) is 0 Å². The van der Waals surface area contributed by atoms with E-state index in [1.807, 2.05) is 6.07 Å². The highest BCUT2D eigenvalue weighted by Crippen LogP contribution is 2.45. The summed E-state index contributed by atoms with van der Waals surface area (Å²) in [5.41, 5.74) is 1.92. The molecule has 5 rings (SSSR count). The lowest BCUT2D eigenvalue weighted by Crippen LogP contribution is -2.46. The second-order valence-electron chi connectivity index (χ2n) is 11.1. The van der Waals surface area contributed by atoms with E-state index in [0.717, 1.165) is 61.6 Å². The number of aliphatic carboxylic acids is 1. The van der Waals surface area contributed by atoms with Gasteiger partial charge in [0.05, 0.1) is 12.0 Å². The average Bonchev–Trinajstić information content (AvgIpc) is 3.12. The van der Waals surface area contributed by atoms with E-state index in [1.165, 1.54) is 24.8 Å². The topological polar surface area (TPSA) is 49.8 Å². The van der Waals surface area contributed by atoms with Gasteiger partial charge >= 0.3 is 5.97 Å². The van der Waals surface area contributed by atoms with Crippen LogP contribution >= 0.6 is 0 Å². The third-order valence-corrected chi connectivity index (χ3v) is 9.18. The van der Waals surface area contributed by atoms with Crippen LogP contribution < -0.4 is 4.74 Å². The van der Waals surface area contributed by atoms with Crippen LogP contribution in [0.4, 0.5) is 4.39 Å². The minimum absolute atomic E-state index is 0.188. The van der Waals surface area contributed by atoms with E-state index in [0.29, 0.717) is 23.4 Å². The molecule has 2 aromatic carbocycles. The van der Waals surface area contributed by atoms with Crippen molar-refractivity contribution in [1.29, 1.82) is 0 Å². The minimum Gasteiger partial charge on any atom is -0.490 e. The molecule has 2 saturated heterocycles. The number of alkyl halides is 1. The first kappa shape index (κ1) is 24.5. The smallest absolute Gasteiger partial charge is 0.306 e. The van der Waals surface area contributed by atoms with Gasteiger partial charge in [-0.1, -0.05) is 38.5 Å². The number of carboxylic acids is 1. The minimum atomic E-state index is -0.643. The van der Waals surface area contributed by atoms with Gasteiger partial charge in [0.25, 0.3) is 0 Å². The van der Waals surface area contributed by atoms with Crippen molar-refractivity contribution < 1.29 is 19.0 Å². The van der Waals surface area contributed by atoms with Crippen molar-refractivity contribution in [2.75, 3.05) is 0 Å². The quantitative estimate of drug-likeness (QED) is 0.426. The number of piperidine rings is 1. The summed E-state index contributed by atoms with van der Waals surface area (Å²) in [6.45, 7) is 3.95. The number of rotatable bonds is 8. The first-order valence-corrected chi connectivity index (χ1v) is 13.8. The Labute approximate surface area is 208 Å². The van der Waals surface area contributed by atoms with Crippen molar-refractivity contribution >= 4 is 16.7 Å². The molecule has 2 unspecified atom stereocenters. The summed E-state index contributed by atoms with van der Waals surface area (Å²) in [4.78, 5) is 14.2. The zero-order valence-corrected chi connectivity index (χ0v) is 21.2. The lowest BCUT2D eigenvalue weighted by Gasteiger charge is -2.42. The fourth-order valence-corrected chi connectivity index (χ4v) is 7.23. The summed E-state index contributed by atoms with van der Waals surface area (Å²) >= 11 is 0. The predicted molar refractivity (Wildman–Crippen MR) is 137 cm³/mol. The molecule has 3 aliphatic rings. The van der Waals surface area contributed by atoms with Crippen LogP contribution in [0.5, 0.6) is 5.75 Å². The molecular formula is C30H40FNO3. The van der Waals surface area contributed by atoms with Crippen LogP contribution in [-0.4, -0.2) is 34.2 Å². The fraction of sp³-hybridized carbons (Fsp3) is 0.633. The maximum atomic E-state index is 14.3. The van der Waals surface area contributed by atoms with Crippen molar-refractivity contribution in [3.8, 4) is 5.75 Å². The molecule has 2 aromatic rings. The molecule has 3 fully saturated rings. The maximum absolute atomic E-state index is 14.3. The number of fused-ring (bicyclic) bond motifs is 3. The van der Waals surface area contributed by atoms with E-state index in [9.17, 15) is 14.3 Å². The summed E-state index contributed by atoms with van der Waals surface area (Å²) in [6, 6.07) is 11.5. The number of halogens is 1. The summed E-state index contributed by atoms with van der Waals surface area (Å²) in [5.74, 6) is 0.659. The first-order chi connectivity index (χ1) is 17.0. The van der Waals surface area contributed by atoms with E-state index in [2.05, 4.69) is 43.0 Å². The summed E-state index contributed by atoms with van der Waals surface area (Å²) < 4.78 is 20.6. The molecule has 1 N–H and O–H groups in total. The highest BCUT2D eigenvalue weighted by atomic mass is 19.1. The number of hydrogen-bond acceptors (Lipinski definition) is 3. The Morgan fingerprint density at radius 3 is 2.37 bits per heavy atom. The molecule has 2 heterocycles. The van der Waals surface area contributed by atoms with Crippen molar-refractivity contribution in [3.05, 3.63) is 41.5 Å². The van der Waals surface area contributed by atoms with Crippen LogP contribution in [0.15, 0.2) is 30.3 Å². The average molecular weight is 482 g/mol. The third-order valence-electron chi connectivity index (χ3n) is 9.18. The number of carboxylic acid groups (broad SMARTS) is 1. The molecule has 190 valence electrons. The summed E-state index contributed by atoms with van der Waals surface area (Å²) in [6.07, 6.45) is 10.6. The van der Waals surface area contributed by atoms with Crippen molar-refractivity contribution in [2.45, 2.75) is 109 Å². The van der Waals surface area contributed by atoms with Crippen LogP contribution in [-0.2, 0) is 11.5 Å². The van der Waals surface area contributed by atoms with Gasteiger partial charge < -0.3 is 9.84 Å². The van der Waals surface area contributed by atoms with Gasteiger partial charge in [-0.25, -0.2) is 4.39 Å². The molecule has 0 aromatic heterocycles. The maximum Gasteiger partial charge on any atom is 0.306 e. The SMILES string of the molecule is CCC1CCC(Oc2ccc3cc([C@H](CC)N4C5CCC4CC(C(=O)O)C5)ccc3c2CF)CC1. The lowest BCUT2D eigenvalue weighted by molar-refractivity contribution is -0.144. The van der Waals surface area contributed by atoms with Gasteiger partial charge in [0.2, 0.25) is 0 Å². The second-order valence-corrected chi connectivity index (χ2v) is 11.1. The number of hydrogen-bond donors (Lipinski definition) is 1. The van der Waals surface area contributed by atoms with E-state index in [4.69, 9.17) is 4.74 Å². The van der Waals surface area contributed by atoms with Gasteiger partial charge in [0.15, 0.2) is 0 Å². The Morgan fingerprint density at radius 1 is 1.06 bits per heavy atom. The number of carbonyl (C=O) groups is 1. The largest absolute Gasteiger partial charge is 0.490 e. The fourth-order valence-electron chi connectivity index (χ4n) is 7.23. The van der Waals surface area contributed by atoms with Crippen LogP contribution in [0.3, 0.4) is 0 Å².